The molecule has 0 aromatic heterocycles. The molecule has 1 nitrogen and oxygen atoms in total. The largest absolute Gasteiger partial charge is 0.673 e. The number of rotatable bonds is 5. The summed E-state index contributed by atoms with van der Waals surface area (Å²) in [6.07, 6.45) is 1.17. The Bertz CT molecular complexity index is 533. The highest BCUT2D eigenvalue weighted by Gasteiger charge is 2.21. The van der Waals surface area contributed by atoms with Gasteiger partial charge in [-0.05, 0) is 18.5 Å². The van der Waals surface area contributed by atoms with Crippen LogP contribution in [-0.4, -0.2) is 19.5 Å². The lowest BCUT2D eigenvalue weighted by molar-refractivity contribution is -0.423. The third-order valence-corrected chi connectivity index (χ3v) is 6.17. The number of hydrogen-bond donors (Lipinski definition) is 1. The molecular weight excluding hydrogens is 336 g/mol. The van der Waals surface area contributed by atoms with Crippen molar-refractivity contribution in [2.75, 3.05) is 6.16 Å². The van der Waals surface area contributed by atoms with Crippen LogP contribution in [0, 0.1) is 5.92 Å². The van der Waals surface area contributed by atoms with Crippen LogP contribution < -0.4 is 16.3 Å². The number of quaternary nitrogens is 1. The van der Waals surface area contributed by atoms with Gasteiger partial charge in [-0.1, -0.05) is 74.5 Å². The molecule has 24 heavy (non-hydrogen) atoms. The second-order valence-corrected chi connectivity index (χ2v) is 8.03. The molecule has 0 aliphatic carbocycles. The molecule has 0 aliphatic heterocycles. The van der Waals surface area contributed by atoms with Crippen LogP contribution in [0.4, 0.5) is 17.3 Å². The molecule has 7 heteroatoms. The summed E-state index contributed by atoms with van der Waals surface area (Å²) in [6.45, 7) is 4.53. The molecular formula is C17H23BF4NP. The van der Waals surface area contributed by atoms with Gasteiger partial charge in [-0.25, -0.2) is 0 Å². The number of benzene rings is 2. The van der Waals surface area contributed by atoms with Crippen LogP contribution >= 0.6 is 7.92 Å². The van der Waals surface area contributed by atoms with Gasteiger partial charge in [0.2, 0.25) is 0 Å². The fraction of sp³-hybridized carbons (Fsp3) is 0.294. The molecule has 2 aromatic carbocycles. The third-order valence-electron chi connectivity index (χ3n) is 3.50. The van der Waals surface area contributed by atoms with Crippen molar-refractivity contribution in [2.45, 2.75) is 19.9 Å². The van der Waals surface area contributed by atoms with Crippen molar-refractivity contribution in [1.29, 1.82) is 0 Å². The highest BCUT2D eigenvalue weighted by molar-refractivity contribution is 7.73. The zero-order chi connectivity index (χ0) is 18.2. The van der Waals surface area contributed by atoms with E-state index in [0.717, 1.165) is 0 Å². The first kappa shape index (κ1) is 20.7. The molecule has 0 heterocycles. The fourth-order valence-corrected chi connectivity index (χ4v) is 4.70. The molecule has 3 N–H and O–H groups in total. The predicted molar refractivity (Wildman–Crippen MR) is 95.6 cm³/mol. The summed E-state index contributed by atoms with van der Waals surface area (Å²) in [7, 11) is -6.29. The van der Waals surface area contributed by atoms with Crippen LogP contribution in [0.25, 0.3) is 0 Å². The maximum atomic E-state index is 9.75. The summed E-state index contributed by atoms with van der Waals surface area (Å²) >= 11 is 0. The molecule has 0 aliphatic rings. The first-order chi connectivity index (χ1) is 11.2. The lowest BCUT2D eigenvalue weighted by Crippen LogP contribution is -2.65. The van der Waals surface area contributed by atoms with Crippen molar-refractivity contribution in [3.8, 4) is 0 Å². The van der Waals surface area contributed by atoms with Crippen LogP contribution in [-0.2, 0) is 0 Å². The van der Waals surface area contributed by atoms with E-state index in [0.29, 0.717) is 12.0 Å². The van der Waals surface area contributed by atoms with Gasteiger partial charge in [0.1, 0.15) is 0 Å². The van der Waals surface area contributed by atoms with E-state index in [-0.39, 0.29) is 7.92 Å². The minimum absolute atomic E-state index is 0.285. The molecule has 0 saturated heterocycles. The maximum Gasteiger partial charge on any atom is 0.673 e. The molecule has 0 fully saturated rings. The van der Waals surface area contributed by atoms with Crippen molar-refractivity contribution >= 4 is 25.8 Å². The van der Waals surface area contributed by atoms with Gasteiger partial charge in [-0.3, -0.25) is 0 Å². The minimum atomic E-state index is -6.00. The third kappa shape index (κ3) is 8.46. The molecule has 0 radical (unpaired) electrons. The zero-order valence-corrected chi connectivity index (χ0v) is 14.8. The predicted octanol–water partition coefficient (Wildman–Crippen LogP) is 3.69. The quantitative estimate of drug-likeness (QED) is 0.479. The summed E-state index contributed by atoms with van der Waals surface area (Å²) in [5.41, 5.74) is 4.34. The minimum Gasteiger partial charge on any atom is -0.418 e. The standard InChI is InChI=1S/C17H22NP.BF4/c1-14(2)17(18)13-19(15-9-5-3-6-10-15)16-11-7-4-8-12-16;2-1(3,4)5/h3-12,14,17H,13,18H2,1-2H3;/q;-1/p+1. The lowest BCUT2D eigenvalue weighted by Gasteiger charge is -2.22. The van der Waals surface area contributed by atoms with E-state index >= 15 is 0 Å². The van der Waals surface area contributed by atoms with E-state index in [1.807, 2.05) is 0 Å². The van der Waals surface area contributed by atoms with Crippen LogP contribution in [0.3, 0.4) is 0 Å². The highest BCUT2D eigenvalue weighted by atomic mass is 31.1. The fourth-order valence-electron chi connectivity index (χ4n) is 2.02. The Morgan fingerprint density at radius 1 is 0.833 bits per heavy atom. The van der Waals surface area contributed by atoms with E-state index in [1.54, 1.807) is 0 Å². The van der Waals surface area contributed by atoms with Gasteiger partial charge in [0.05, 0.1) is 6.04 Å². The van der Waals surface area contributed by atoms with E-state index in [2.05, 4.69) is 80.2 Å². The van der Waals surface area contributed by atoms with Gasteiger partial charge >= 0.3 is 7.25 Å². The van der Waals surface area contributed by atoms with Crippen LogP contribution in [0.2, 0.25) is 0 Å². The second kappa shape index (κ2) is 9.80. The first-order valence-corrected chi connectivity index (χ1v) is 9.29. The van der Waals surface area contributed by atoms with Crippen molar-refractivity contribution in [1.82, 2.24) is 0 Å². The monoisotopic (exact) mass is 359 g/mol. The van der Waals surface area contributed by atoms with Crippen LogP contribution in [0.1, 0.15) is 13.8 Å². The molecule has 2 aromatic rings. The molecule has 0 amide bonds. The summed E-state index contributed by atoms with van der Waals surface area (Å²) in [4.78, 5) is 0. The lowest BCUT2D eigenvalue weighted by atomic mass is 10.1. The van der Waals surface area contributed by atoms with Gasteiger partial charge in [0.25, 0.3) is 0 Å². The van der Waals surface area contributed by atoms with Crippen molar-refractivity contribution in [2.24, 2.45) is 5.92 Å². The van der Waals surface area contributed by atoms with Gasteiger partial charge in [0.15, 0.2) is 0 Å². The van der Waals surface area contributed by atoms with E-state index in [1.165, 1.54) is 16.8 Å². The average Bonchev–Trinajstić information content (AvgIpc) is 2.52. The van der Waals surface area contributed by atoms with Gasteiger partial charge in [0, 0.05) is 12.1 Å². The van der Waals surface area contributed by atoms with Crippen molar-refractivity contribution in [3.05, 3.63) is 60.7 Å². The zero-order valence-electron chi connectivity index (χ0n) is 13.9. The summed E-state index contributed by atoms with van der Waals surface area (Å²) in [6, 6.07) is 22.3. The smallest absolute Gasteiger partial charge is 0.418 e. The molecule has 2 rings (SSSR count). The van der Waals surface area contributed by atoms with Crippen molar-refractivity contribution < 1.29 is 23.0 Å². The number of halogens is 4. The van der Waals surface area contributed by atoms with Crippen LogP contribution in [0.5, 0.6) is 0 Å². The number of hydrogen-bond acceptors (Lipinski definition) is 0. The SMILES string of the molecule is CC(C)C([NH3+])CP(c1ccccc1)c1ccccc1.F[B-](F)(F)F. The molecule has 0 saturated carbocycles. The molecule has 0 bridgehead atoms. The highest BCUT2D eigenvalue weighted by Crippen LogP contribution is 2.34. The van der Waals surface area contributed by atoms with Gasteiger partial charge in [-0.2, -0.15) is 0 Å². The van der Waals surface area contributed by atoms with E-state index in [4.69, 9.17) is 0 Å². The summed E-state index contributed by atoms with van der Waals surface area (Å²) < 4.78 is 39.0. The summed E-state index contributed by atoms with van der Waals surface area (Å²) in [5, 5.41) is 2.91. The van der Waals surface area contributed by atoms with Crippen molar-refractivity contribution in [3.63, 3.8) is 0 Å². The molecule has 1 atom stereocenters. The van der Waals surface area contributed by atoms with E-state index < -0.39 is 7.25 Å². The van der Waals surface area contributed by atoms with Crippen LogP contribution in [0.15, 0.2) is 60.7 Å². The van der Waals surface area contributed by atoms with Gasteiger partial charge in [-0.15, -0.1) is 0 Å². The second-order valence-electron chi connectivity index (χ2n) is 5.78. The maximum absolute atomic E-state index is 9.75. The molecule has 0 spiro atoms. The Kier molecular flexibility index (Phi) is 8.44. The Hall–Kier alpha value is -1.39. The normalized spacial score (nSPS) is 12.7. The Balaban J connectivity index is 0.000000505. The van der Waals surface area contributed by atoms with E-state index in [9.17, 15) is 17.3 Å². The molecule has 1 unspecified atom stereocenters. The summed E-state index contributed by atoms with van der Waals surface area (Å²) in [5.74, 6) is 0.637. The Labute approximate surface area is 142 Å². The van der Waals surface area contributed by atoms with Gasteiger partial charge < -0.3 is 23.0 Å². The first-order valence-electron chi connectivity index (χ1n) is 7.76. The Morgan fingerprint density at radius 3 is 1.46 bits per heavy atom. The average molecular weight is 359 g/mol. The molecule has 132 valence electrons. The Morgan fingerprint density at radius 2 is 1.17 bits per heavy atom. The topological polar surface area (TPSA) is 27.6 Å².